The van der Waals surface area contributed by atoms with E-state index in [1.165, 1.54) is 6.26 Å². The van der Waals surface area contributed by atoms with Crippen molar-refractivity contribution >= 4 is 27.1 Å². The number of piperazine rings is 1. The van der Waals surface area contributed by atoms with Crippen molar-refractivity contribution in [2.45, 2.75) is 19.3 Å². The number of hydrogen-bond acceptors (Lipinski definition) is 8. The van der Waals surface area contributed by atoms with Crippen LogP contribution in [-0.4, -0.2) is 79.0 Å². The van der Waals surface area contributed by atoms with Crippen LogP contribution in [0.3, 0.4) is 0 Å². The average molecular weight is 413 g/mol. The predicted octanol–water partition coefficient (Wildman–Crippen LogP) is 1.31. The van der Waals surface area contributed by atoms with Gasteiger partial charge in [-0.1, -0.05) is 11.2 Å². The first kappa shape index (κ1) is 20.0. The smallest absolute Gasteiger partial charge is 0.226 e. The minimum absolute atomic E-state index is 0.121. The van der Waals surface area contributed by atoms with E-state index in [0.717, 1.165) is 18.0 Å². The van der Waals surface area contributed by atoms with Crippen molar-refractivity contribution in [1.29, 1.82) is 0 Å². The molecular formula is C17H24N4O4S2. The molecule has 0 aliphatic carbocycles. The maximum absolute atomic E-state index is 12.4. The fourth-order valence-electron chi connectivity index (χ4n) is 2.93. The summed E-state index contributed by atoms with van der Waals surface area (Å²) >= 11 is 1.56. The minimum Gasteiger partial charge on any atom is -0.340 e. The van der Waals surface area contributed by atoms with Gasteiger partial charge in [-0.15, -0.1) is 11.3 Å². The highest BCUT2D eigenvalue weighted by Gasteiger charge is 2.21. The van der Waals surface area contributed by atoms with Crippen LogP contribution >= 0.6 is 11.3 Å². The Morgan fingerprint density at radius 3 is 2.74 bits per heavy atom. The Bertz CT molecular complexity index is 840. The molecule has 27 heavy (non-hydrogen) atoms. The van der Waals surface area contributed by atoms with E-state index in [0.29, 0.717) is 50.6 Å². The number of rotatable bonds is 8. The predicted molar refractivity (Wildman–Crippen MR) is 103 cm³/mol. The molecule has 1 amide bonds. The maximum atomic E-state index is 12.4. The third-order valence-electron chi connectivity index (χ3n) is 4.49. The molecule has 0 atom stereocenters. The summed E-state index contributed by atoms with van der Waals surface area (Å²) in [5.74, 6) is 1.43. The Morgan fingerprint density at radius 1 is 1.30 bits per heavy atom. The van der Waals surface area contributed by atoms with E-state index in [4.69, 9.17) is 4.52 Å². The highest BCUT2D eigenvalue weighted by atomic mass is 32.2. The molecule has 2 aromatic rings. The summed E-state index contributed by atoms with van der Waals surface area (Å²) in [6.45, 7) is 3.26. The molecule has 1 fully saturated rings. The molecule has 0 N–H and O–H groups in total. The van der Waals surface area contributed by atoms with E-state index < -0.39 is 9.84 Å². The summed E-state index contributed by atoms with van der Waals surface area (Å²) in [6, 6.07) is 3.88. The molecule has 1 saturated heterocycles. The molecule has 1 aliphatic rings. The van der Waals surface area contributed by atoms with Crippen LogP contribution in [0, 0.1) is 0 Å². The van der Waals surface area contributed by atoms with Gasteiger partial charge in [-0.3, -0.25) is 9.69 Å². The largest absolute Gasteiger partial charge is 0.340 e. The Hall–Kier alpha value is -1.78. The van der Waals surface area contributed by atoms with Crippen LogP contribution in [0.1, 0.15) is 18.7 Å². The Balaban J connectivity index is 1.37. The van der Waals surface area contributed by atoms with E-state index in [9.17, 15) is 13.2 Å². The van der Waals surface area contributed by atoms with Crippen LogP contribution in [0.4, 0.5) is 0 Å². The van der Waals surface area contributed by atoms with Crippen molar-refractivity contribution in [2.75, 3.05) is 44.7 Å². The maximum Gasteiger partial charge on any atom is 0.226 e. The second kappa shape index (κ2) is 8.94. The van der Waals surface area contributed by atoms with Gasteiger partial charge in [0.25, 0.3) is 0 Å². The number of thiophene rings is 1. The molecule has 0 spiro atoms. The molecule has 0 aromatic carbocycles. The molecule has 3 rings (SSSR count). The van der Waals surface area contributed by atoms with E-state index in [1.54, 1.807) is 11.3 Å². The summed E-state index contributed by atoms with van der Waals surface area (Å²) in [4.78, 5) is 21.6. The fourth-order valence-corrected chi connectivity index (χ4v) is 4.17. The standard InChI is InChI=1S/C17H24N4O4S2/c1-27(23,24)13-11-20-7-9-21(10-8-20)16(22)6-2-5-15-18-17(19-25-15)14-4-3-12-26-14/h3-4,12H,2,5-11,13H2,1H3. The second-order valence-corrected chi connectivity index (χ2v) is 9.90. The number of aromatic nitrogens is 2. The normalized spacial score (nSPS) is 16.0. The third-order valence-corrected chi connectivity index (χ3v) is 6.28. The van der Waals surface area contributed by atoms with Gasteiger partial charge < -0.3 is 9.42 Å². The fraction of sp³-hybridized carbons (Fsp3) is 0.588. The lowest BCUT2D eigenvalue weighted by Crippen LogP contribution is -2.49. The molecule has 0 bridgehead atoms. The lowest BCUT2D eigenvalue weighted by molar-refractivity contribution is -0.133. The summed E-state index contributed by atoms with van der Waals surface area (Å²) in [6.07, 6.45) is 2.94. The van der Waals surface area contributed by atoms with Crippen LogP contribution in [0.15, 0.2) is 22.0 Å². The third kappa shape index (κ3) is 6.12. The monoisotopic (exact) mass is 412 g/mol. The summed E-state index contributed by atoms with van der Waals surface area (Å²) in [5.41, 5.74) is 0. The summed E-state index contributed by atoms with van der Waals surface area (Å²) in [5, 5.41) is 5.93. The Kier molecular flexibility index (Phi) is 6.61. The van der Waals surface area contributed by atoms with Crippen molar-refractivity contribution in [3.8, 4) is 10.7 Å². The number of hydrogen-bond donors (Lipinski definition) is 0. The minimum atomic E-state index is -2.95. The highest BCUT2D eigenvalue weighted by Crippen LogP contribution is 2.21. The van der Waals surface area contributed by atoms with E-state index in [2.05, 4.69) is 15.0 Å². The Morgan fingerprint density at radius 2 is 2.07 bits per heavy atom. The number of carbonyl (C=O) groups excluding carboxylic acids is 1. The number of carbonyl (C=O) groups is 1. The molecule has 0 saturated carbocycles. The van der Waals surface area contributed by atoms with Crippen molar-refractivity contribution < 1.29 is 17.7 Å². The van der Waals surface area contributed by atoms with Gasteiger partial charge >= 0.3 is 0 Å². The van der Waals surface area contributed by atoms with E-state index in [-0.39, 0.29) is 11.7 Å². The quantitative estimate of drug-likeness (QED) is 0.645. The van der Waals surface area contributed by atoms with Gasteiger partial charge in [-0.2, -0.15) is 4.98 Å². The van der Waals surface area contributed by atoms with Crippen molar-refractivity contribution in [3.05, 3.63) is 23.4 Å². The zero-order valence-electron chi connectivity index (χ0n) is 15.3. The molecule has 3 heterocycles. The molecule has 10 heteroatoms. The van der Waals surface area contributed by atoms with Crippen LogP contribution < -0.4 is 0 Å². The lowest BCUT2D eigenvalue weighted by Gasteiger charge is -2.34. The number of amides is 1. The van der Waals surface area contributed by atoms with Crippen molar-refractivity contribution in [2.24, 2.45) is 0 Å². The molecule has 2 aromatic heterocycles. The van der Waals surface area contributed by atoms with Crippen LogP contribution in [0.5, 0.6) is 0 Å². The zero-order chi connectivity index (χ0) is 19.3. The second-order valence-electron chi connectivity index (χ2n) is 6.69. The van der Waals surface area contributed by atoms with Gasteiger partial charge in [0.1, 0.15) is 9.84 Å². The zero-order valence-corrected chi connectivity index (χ0v) is 17.0. The van der Waals surface area contributed by atoms with Gasteiger partial charge in [0, 0.05) is 51.8 Å². The molecule has 0 radical (unpaired) electrons. The summed E-state index contributed by atoms with van der Waals surface area (Å²) < 4.78 is 27.7. The van der Waals surface area contributed by atoms with Gasteiger partial charge in [0.05, 0.1) is 10.6 Å². The molecule has 8 nitrogen and oxygen atoms in total. The SMILES string of the molecule is CS(=O)(=O)CCN1CCN(C(=O)CCCc2nc(-c3cccs3)no2)CC1. The van der Waals surface area contributed by atoms with Crippen LogP contribution in [-0.2, 0) is 21.1 Å². The summed E-state index contributed by atoms with van der Waals surface area (Å²) in [7, 11) is -2.95. The topological polar surface area (TPSA) is 96.6 Å². The van der Waals surface area contributed by atoms with E-state index >= 15 is 0 Å². The number of nitrogens with zero attached hydrogens (tertiary/aromatic N) is 4. The number of aryl methyl sites for hydroxylation is 1. The molecular weight excluding hydrogens is 388 g/mol. The first-order valence-electron chi connectivity index (χ1n) is 8.95. The Labute approximate surface area is 163 Å². The molecule has 0 unspecified atom stereocenters. The highest BCUT2D eigenvalue weighted by molar-refractivity contribution is 7.90. The van der Waals surface area contributed by atoms with Crippen molar-refractivity contribution in [1.82, 2.24) is 19.9 Å². The molecule has 148 valence electrons. The first-order valence-corrected chi connectivity index (χ1v) is 11.9. The first-order chi connectivity index (χ1) is 12.9. The lowest BCUT2D eigenvalue weighted by atomic mass is 10.2. The van der Waals surface area contributed by atoms with Gasteiger partial charge in [0.15, 0.2) is 0 Å². The van der Waals surface area contributed by atoms with Gasteiger partial charge in [-0.25, -0.2) is 8.42 Å². The van der Waals surface area contributed by atoms with Crippen LogP contribution in [0.2, 0.25) is 0 Å². The number of sulfone groups is 1. The molecule has 1 aliphatic heterocycles. The van der Waals surface area contributed by atoms with Gasteiger partial charge in [0.2, 0.25) is 17.6 Å². The van der Waals surface area contributed by atoms with Gasteiger partial charge in [-0.05, 0) is 17.9 Å². The van der Waals surface area contributed by atoms with E-state index in [1.807, 2.05) is 22.4 Å². The van der Waals surface area contributed by atoms with Crippen LogP contribution in [0.25, 0.3) is 10.7 Å². The van der Waals surface area contributed by atoms with Crippen molar-refractivity contribution in [3.63, 3.8) is 0 Å². The average Bonchev–Trinajstić information content (AvgIpc) is 3.31.